The normalized spacial score (nSPS) is 10.3. The number of anilines is 1. The van der Waals surface area contributed by atoms with Crippen molar-refractivity contribution in [1.82, 2.24) is 10.3 Å². The van der Waals surface area contributed by atoms with Crippen molar-refractivity contribution in [3.8, 4) is 0 Å². The van der Waals surface area contributed by atoms with Gasteiger partial charge < -0.3 is 10.2 Å². The van der Waals surface area contributed by atoms with Gasteiger partial charge in [-0.2, -0.15) is 0 Å². The number of halogens is 1. The van der Waals surface area contributed by atoms with Crippen LogP contribution in [0.15, 0.2) is 24.9 Å². The molecule has 0 aliphatic heterocycles. The van der Waals surface area contributed by atoms with Gasteiger partial charge >= 0.3 is 0 Å². The first-order valence-electron chi connectivity index (χ1n) is 5.80. The van der Waals surface area contributed by atoms with Crippen LogP contribution in [0.3, 0.4) is 0 Å². The largest absolute Gasteiger partial charge is 0.357 e. The molecule has 17 heavy (non-hydrogen) atoms. The molecule has 0 aromatic carbocycles. The third kappa shape index (κ3) is 3.82. The smallest absolute Gasteiger partial charge is 0.170 e. The molecule has 1 aromatic rings. The molecule has 1 rings (SSSR count). The van der Waals surface area contributed by atoms with E-state index >= 15 is 0 Å². The fourth-order valence-corrected chi connectivity index (χ4v) is 1.64. The highest BCUT2D eigenvalue weighted by molar-refractivity contribution is 5.42. The number of nitrogens with one attached hydrogen (secondary N) is 1. The summed E-state index contributed by atoms with van der Waals surface area (Å²) < 4.78 is 14.1. The Balaban J connectivity index is 2.75. The molecule has 0 bridgehead atoms. The molecule has 94 valence electrons. The van der Waals surface area contributed by atoms with Gasteiger partial charge in [0.15, 0.2) is 11.6 Å². The average Bonchev–Trinajstić information content (AvgIpc) is 2.32. The van der Waals surface area contributed by atoms with Gasteiger partial charge in [-0.3, -0.25) is 0 Å². The Kier molecular flexibility index (Phi) is 5.63. The van der Waals surface area contributed by atoms with E-state index in [1.807, 2.05) is 18.0 Å². The zero-order chi connectivity index (χ0) is 12.7. The van der Waals surface area contributed by atoms with E-state index in [2.05, 4.69) is 16.9 Å². The maximum Gasteiger partial charge on any atom is 0.170 e. The molecule has 0 radical (unpaired) electrons. The molecule has 0 aliphatic rings. The molecular formula is C13H20FN3. The summed E-state index contributed by atoms with van der Waals surface area (Å²) in [6, 6.07) is 1.70. The Hall–Kier alpha value is -1.42. The molecule has 4 heteroatoms. The van der Waals surface area contributed by atoms with Gasteiger partial charge in [0.05, 0.1) is 0 Å². The quantitative estimate of drug-likeness (QED) is 0.583. The standard InChI is InChI=1S/C13H20FN3/c1-4-5-6-9-17(3)13-12(14)11(10-15-2)7-8-16-13/h4,7-8,15H,1,5-6,9-10H2,2-3H3. The first-order valence-corrected chi connectivity index (χ1v) is 5.80. The molecule has 0 aliphatic carbocycles. The lowest BCUT2D eigenvalue weighted by Gasteiger charge is -2.19. The number of pyridine rings is 1. The second kappa shape index (κ2) is 7.01. The van der Waals surface area contributed by atoms with Crippen LogP contribution in [0.4, 0.5) is 10.2 Å². The predicted molar refractivity (Wildman–Crippen MR) is 69.7 cm³/mol. The highest BCUT2D eigenvalue weighted by Gasteiger charge is 2.12. The second-order valence-corrected chi connectivity index (χ2v) is 3.99. The highest BCUT2D eigenvalue weighted by atomic mass is 19.1. The van der Waals surface area contributed by atoms with Crippen molar-refractivity contribution in [2.24, 2.45) is 0 Å². The summed E-state index contributed by atoms with van der Waals surface area (Å²) >= 11 is 0. The number of hydrogen-bond donors (Lipinski definition) is 1. The van der Waals surface area contributed by atoms with Gasteiger partial charge in [-0.1, -0.05) is 6.08 Å². The number of aromatic nitrogens is 1. The van der Waals surface area contributed by atoms with E-state index in [1.165, 1.54) is 0 Å². The molecule has 0 saturated heterocycles. The van der Waals surface area contributed by atoms with Gasteiger partial charge in [0.2, 0.25) is 0 Å². The molecule has 1 heterocycles. The van der Waals surface area contributed by atoms with Gasteiger partial charge in [-0.05, 0) is 26.0 Å². The molecule has 0 atom stereocenters. The maximum absolute atomic E-state index is 14.1. The molecule has 3 nitrogen and oxygen atoms in total. The summed E-state index contributed by atoms with van der Waals surface area (Å²) in [7, 11) is 3.66. The minimum Gasteiger partial charge on any atom is -0.357 e. The van der Waals surface area contributed by atoms with Gasteiger partial charge in [0.1, 0.15) is 0 Å². The monoisotopic (exact) mass is 237 g/mol. The van der Waals surface area contributed by atoms with Crippen LogP contribution in [-0.4, -0.2) is 25.6 Å². The third-order valence-electron chi connectivity index (χ3n) is 2.58. The molecule has 0 spiro atoms. The van der Waals surface area contributed by atoms with E-state index in [4.69, 9.17) is 0 Å². The van der Waals surface area contributed by atoms with E-state index in [-0.39, 0.29) is 5.82 Å². The molecule has 0 unspecified atom stereocenters. The summed E-state index contributed by atoms with van der Waals surface area (Å²) in [6.45, 7) is 4.96. The Bertz CT molecular complexity index is 366. The number of hydrogen-bond acceptors (Lipinski definition) is 3. The van der Waals surface area contributed by atoms with Crippen LogP contribution in [0, 0.1) is 5.82 Å². The lowest BCUT2D eigenvalue weighted by molar-refractivity contribution is 0.588. The Morgan fingerprint density at radius 1 is 1.59 bits per heavy atom. The van der Waals surface area contributed by atoms with Crippen LogP contribution in [0.2, 0.25) is 0 Å². The maximum atomic E-state index is 14.1. The minimum absolute atomic E-state index is 0.233. The summed E-state index contributed by atoms with van der Waals surface area (Å²) in [5, 5.41) is 2.94. The van der Waals surface area contributed by atoms with Crippen molar-refractivity contribution in [3.63, 3.8) is 0 Å². The highest BCUT2D eigenvalue weighted by Crippen LogP contribution is 2.18. The Labute approximate surface area is 102 Å². The second-order valence-electron chi connectivity index (χ2n) is 3.99. The van der Waals surface area contributed by atoms with Gasteiger partial charge in [-0.25, -0.2) is 9.37 Å². The van der Waals surface area contributed by atoms with E-state index in [9.17, 15) is 4.39 Å². The minimum atomic E-state index is -0.233. The fourth-order valence-electron chi connectivity index (χ4n) is 1.64. The first-order chi connectivity index (χ1) is 8.20. The van der Waals surface area contributed by atoms with E-state index in [0.29, 0.717) is 17.9 Å². The molecule has 0 saturated carbocycles. The molecule has 0 amide bonds. The molecule has 0 fully saturated rings. The van der Waals surface area contributed by atoms with E-state index in [1.54, 1.807) is 19.3 Å². The summed E-state index contributed by atoms with van der Waals surface area (Å²) in [4.78, 5) is 5.94. The fraction of sp³-hybridized carbons (Fsp3) is 0.462. The topological polar surface area (TPSA) is 28.2 Å². The number of nitrogens with zero attached hydrogens (tertiary/aromatic N) is 2. The van der Waals surface area contributed by atoms with Crippen LogP contribution in [-0.2, 0) is 6.54 Å². The van der Waals surface area contributed by atoms with Crippen LogP contribution in [0.5, 0.6) is 0 Å². The van der Waals surface area contributed by atoms with Crippen molar-refractivity contribution in [3.05, 3.63) is 36.3 Å². The predicted octanol–water partition coefficient (Wildman–Crippen LogP) is 2.34. The third-order valence-corrected chi connectivity index (χ3v) is 2.58. The Morgan fingerprint density at radius 3 is 3.00 bits per heavy atom. The first kappa shape index (κ1) is 13.6. The number of rotatable bonds is 7. The molecular weight excluding hydrogens is 217 g/mol. The number of allylic oxidation sites excluding steroid dienone is 1. The van der Waals surface area contributed by atoms with Crippen molar-refractivity contribution in [1.29, 1.82) is 0 Å². The van der Waals surface area contributed by atoms with E-state index < -0.39 is 0 Å². The summed E-state index contributed by atoms with van der Waals surface area (Å²) in [5.74, 6) is 0.185. The zero-order valence-corrected chi connectivity index (χ0v) is 10.5. The van der Waals surface area contributed by atoms with Crippen LogP contribution in [0.25, 0.3) is 0 Å². The van der Waals surface area contributed by atoms with Crippen LogP contribution >= 0.6 is 0 Å². The molecule has 1 aromatic heterocycles. The van der Waals surface area contributed by atoms with Crippen LogP contribution in [0.1, 0.15) is 18.4 Å². The van der Waals surface area contributed by atoms with Crippen molar-refractivity contribution >= 4 is 5.82 Å². The van der Waals surface area contributed by atoms with Gasteiger partial charge in [0.25, 0.3) is 0 Å². The van der Waals surface area contributed by atoms with Crippen molar-refractivity contribution in [2.45, 2.75) is 19.4 Å². The van der Waals surface area contributed by atoms with Gasteiger partial charge in [-0.15, -0.1) is 6.58 Å². The zero-order valence-electron chi connectivity index (χ0n) is 10.5. The van der Waals surface area contributed by atoms with Gasteiger partial charge in [0, 0.05) is 31.9 Å². The van der Waals surface area contributed by atoms with Crippen molar-refractivity contribution in [2.75, 3.05) is 25.5 Å². The average molecular weight is 237 g/mol. The Morgan fingerprint density at radius 2 is 2.35 bits per heavy atom. The van der Waals surface area contributed by atoms with E-state index in [0.717, 1.165) is 19.4 Å². The van der Waals surface area contributed by atoms with Crippen LogP contribution < -0.4 is 10.2 Å². The summed E-state index contributed by atoms with van der Waals surface area (Å²) in [6.07, 6.45) is 5.41. The number of unbranched alkanes of at least 4 members (excludes halogenated alkanes) is 1. The lowest BCUT2D eigenvalue weighted by atomic mass is 10.2. The lowest BCUT2D eigenvalue weighted by Crippen LogP contribution is -2.22. The molecule has 1 N–H and O–H groups in total. The SMILES string of the molecule is C=CCCCN(C)c1nccc(CNC)c1F. The van der Waals surface area contributed by atoms with Crippen molar-refractivity contribution < 1.29 is 4.39 Å². The summed E-state index contributed by atoms with van der Waals surface area (Å²) in [5.41, 5.74) is 0.646.